The summed E-state index contributed by atoms with van der Waals surface area (Å²) in [5.41, 5.74) is 0. The van der Waals surface area contributed by atoms with Gasteiger partial charge in [0.05, 0.1) is 6.61 Å². The van der Waals surface area contributed by atoms with Crippen molar-refractivity contribution in [3.05, 3.63) is 0 Å². The second kappa shape index (κ2) is 7.24. The van der Waals surface area contributed by atoms with Crippen LogP contribution in [0.1, 0.15) is 46.5 Å². The Kier molecular flexibility index (Phi) is 6.26. The van der Waals surface area contributed by atoms with Gasteiger partial charge in [0.25, 0.3) is 0 Å². The predicted octanol–water partition coefficient (Wildman–Crippen LogP) is 2.83. The van der Waals surface area contributed by atoms with Crippen LogP contribution in [0.15, 0.2) is 0 Å². The molecule has 0 radical (unpaired) electrons. The van der Waals surface area contributed by atoms with Crippen LogP contribution in [0.25, 0.3) is 0 Å². The largest absolute Gasteiger partial charge is 0.380 e. The van der Waals surface area contributed by atoms with Crippen molar-refractivity contribution in [2.75, 3.05) is 19.8 Å². The Morgan fingerprint density at radius 3 is 2.47 bits per heavy atom. The van der Waals surface area contributed by atoms with Crippen molar-refractivity contribution in [3.63, 3.8) is 0 Å². The van der Waals surface area contributed by atoms with E-state index in [4.69, 9.17) is 4.74 Å². The molecule has 1 unspecified atom stereocenters. The minimum Gasteiger partial charge on any atom is -0.380 e. The summed E-state index contributed by atoms with van der Waals surface area (Å²) >= 11 is 0. The fourth-order valence-electron chi connectivity index (χ4n) is 2.29. The summed E-state index contributed by atoms with van der Waals surface area (Å²) in [6.07, 6.45) is 5.59. The van der Waals surface area contributed by atoms with Crippen LogP contribution in [0.4, 0.5) is 0 Å². The maximum Gasteiger partial charge on any atom is 0.0622 e. The number of nitrogens with one attached hydrogen (secondary N) is 1. The lowest BCUT2D eigenvalue weighted by Gasteiger charge is -2.22. The lowest BCUT2D eigenvalue weighted by Crippen LogP contribution is -2.38. The summed E-state index contributed by atoms with van der Waals surface area (Å²) in [7, 11) is 0. The van der Waals surface area contributed by atoms with Crippen LogP contribution >= 0.6 is 0 Å². The third-order valence-corrected chi connectivity index (χ3v) is 3.40. The van der Waals surface area contributed by atoms with Crippen LogP contribution in [0.2, 0.25) is 0 Å². The summed E-state index contributed by atoms with van der Waals surface area (Å²) in [5.74, 6) is 1.51. The normalized spacial score (nSPS) is 20.0. The molecule has 0 heterocycles. The van der Waals surface area contributed by atoms with Gasteiger partial charge < -0.3 is 10.1 Å². The standard InChI is InChI=1S/C13H27NO/c1-4-14-13(11(2)3)10-15-9-12-7-5-6-8-12/h11-14H,4-10H2,1-3H3. The highest BCUT2D eigenvalue weighted by molar-refractivity contribution is 4.70. The Hall–Kier alpha value is -0.0800. The average Bonchev–Trinajstić information content (AvgIpc) is 2.69. The van der Waals surface area contributed by atoms with E-state index in [9.17, 15) is 0 Å². The van der Waals surface area contributed by atoms with Crippen molar-refractivity contribution in [1.82, 2.24) is 5.32 Å². The summed E-state index contributed by atoms with van der Waals surface area (Å²) in [6, 6.07) is 0.524. The van der Waals surface area contributed by atoms with Gasteiger partial charge in [-0.15, -0.1) is 0 Å². The van der Waals surface area contributed by atoms with Gasteiger partial charge in [-0.25, -0.2) is 0 Å². The summed E-state index contributed by atoms with van der Waals surface area (Å²) in [4.78, 5) is 0. The molecule has 0 aromatic heterocycles. The third-order valence-electron chi connectivity index (χ3n) is 3.40. The lowest BCUT2D eigenvalue weighted by atomic mass is 10.1. The second-order valence-corrected chi connectivity index (χ2v) is 5.10. The molecule has 0 aliphatic heterocycles. The summed E-state index contributed by atoms with van der Waals surface area (Å²) in [5, 5.41) is 3.48. The smallest absolute Gasteiger partial charge is 0.0622 e. The Bertz CT molecular complexity index is 153. The Labute approximate surface area is 94.8 Å². The molecule has 1 fully saturated rings. The molecule has 1 rings (SSSR count). The topological polar surface area (TPSA) is 21.3 Å². The van der Waals surface area contributed by atoms with Crippen LogP contribution in [-0.2, 0) is 4.74 Å². The minimum atomic E-state index is 0.524. The van der Waals surface area contributed by atoms with Crippen LogP contribution in [0.5, 0.6) is 0 Å². The van der Waals surface area contributed by atoms with Crippen molar-refractivity contribution in [3.8, 4) is 0 Å². The highest BCUT2D eigenvalue weighted by Crippen LogP contribution is 2.24. The van der Waals surface area contributed by atoms with E-state index >= 15 is 0 Å². The molecule has 1 N–H and O–H groups in total. The Morgan fingerprint density at radius 2 is 1.93 bits per heavy atom. The third kappa shape index (κ3) is 4.98. The number of ether oxygens (including phenoxy) is 1. The van der Waals surface area contributed by atoms with E-state index < -0.39 is 0 Å². The van der Waals surface area contributed by atoms with Gasteiger partial charge in [-0.3, -0.25) is 0 Å². The summed E-state index contributed by atoms with van der Waals surface area (Å²) < 4.78 is 5.83. The molecule has 1 aliphatic rings. The first-order valence-electron chi connectivity index (χ1n) is 6.55. The van der Waals surface area contributed by atoms with Gasteiger partial charge in [0.15, 0.2) is 0 Å². The first-order valence-corrected chi connectivity index (χ1v) is 6.55. The van der Waals surface area contributed by atoms with E-state index in [1.165, 1.54) is 25.7 Å². The molecule has 0 bridgehead atoms. The molecule has 1 aliphatic carbocycles. The predicted molar refractivity (Wildman–Crippen MR) is 65.1 cm³/mol. The van der Waals surface area contributed by atoms with Crippen molar-refractivity contribution in [2.45, 2.75) is 52.5 Å². The van der Waals surface area contributed by atoms with Gasteiger partial charge in [-0.05, 0) is 31.2 Å². The van der Waals surface area contributed by atoms with Crippen molar-refractivity contribution in [1.29, 1.82) is 0 Å². The molecule has 90 valence electrons. The molecule has 2 nitrogen and oxygen atoms in total. The second-order valence-electron chi connectivity index (χ2n) is 5.10. The zero-order valence-corrected chi connectivity index (χ0v) is 10.6. The maximum absolute atomic E-state index is 5.83. The molecule has 0 aromatic carbocycles. The van der Waals surface area contributed by atoms with Gasteiger partial charge in [-0.1, -0.05) is 33.6 Å². The fourth-order valence-corrected chi connectivity index (χ4v) is 2.29. The molecule has 1 atom stereocenters. The molecule has 0 spiro atoms. The molecule has 15 heavy (non-hydrogen) atoms. The number of rotatable bonds is 7. The average molecular weight is 213 g/mol. The SMILES string of the molecule is CCNC(COCC1CCCC1)C(C)C. The molecule has 1 saturated carbocycles. The molecule has 0 saturated heterocycles. The van der Waals surface area contributed by atoms with E-state index in [0.717, 1.165) is 25.7 Å². The van der Waals surface area contributed by atoms with Crippen LogP contribution < -0.4 is 5.32 Å². The first kappa shape index (κ1) is 13.0. The minimum absolute atomic E-state index is 0.524. The maximum atomic E-state index is 5.83. The number of hydrogen-bond acceptors (Lipinski definition) is 2. The molecule has 0 aromatic rings. The van der Waals surface area contributed by atoms with E-state index in [-0.39, 0.29) is 0 Å². The van der Waals surface area contributed by atoms with Crippen molar-refractivity contribution < 1.29 is 4.74 Å². The van der Waals surface area contributed by atoms with E-state index in [1.807, 2.05) is 0 Å². The number of likely N-dealkylation sites (N-methyl/N-ethyl adjacent to an activating group) is 1. The quantitative estimate of drug-likeness (QED) is 0.702. The Balaban J connectivity index is 2.09. The van der Waals surface area contributed by atoms with Gasteiger partial charge >= 0.3 is 0 Å². The first-order chi connectivity index (χ1) is 7.24. The van der Waals surface area contributed by atoms with Gasteiger partial charge in [0.2, 0.25) is 0 Å². The van der Waals surface area contributed by atoms with Crippen LogP contribution in [0, 0.1) is 11.8 Å². The summed E-state index contributed by atoms with van der Waals surface area (Å²) in [6.45, 7) is 9.57. The van der Waals surface area contributed by atoms with E-state index in [2.05, 4.69) is 26.1 Å². The zero-order chi connectivity index (χ0) is 11.1. The van der Waals surface area contributed by atoms with Crippen molar-refractivity contribution in [2.24, 2.45) is 11.8 Å². The highest BCUT2D eigenvalue weighted by Gasteiger charge is 2.17. The van der Waals surface area contributed by atoms with Crippen LogP contribution in [-0.4, -0.2) is 25.8 Å². The monoisotopic (exact) mass is 213 g/mol. The highest BCUT2D eigenvalue weighted by atomic mass is 16.5. The Morgan fingerprint density at radius 1 is 1.27 bits per heavy atom. The molecule has 2 heteroatoms. The van der Waals surface area contributed by atoms with Gasteiger partial charge in [0, 0.05) is 12.6 Å². The zero-order valence-electron chi connectivity index (χ0n) is 10.6. The van der Waals surface area contributed by atoms with Gasteiger partial charge in [0.1, 0.15) is 0 Å². The van der Waals surface area contributed by atoms with E-state index in [1.54, 1.807) is 0 Å². The molecular weight excluding hydrogens is 186 g/mol. The lowest BCUT2D eigenvalue weighted by molar-refractivity contribution is 0.0730. The van der Waals surface area contributed by atoms with Crippen LogP contribution in [0.3, 0.4) is 0 Å². The van der Waals surface area contributed by atoms with Gasteiger partial charge in [-0.2, -0.15) is 0 Å². The van der Waals surface area contributed by atoms with E-state index in [0.29, 0.717) is 12.0 Å². The van der Waals surface area contributed by atoms with Crippen molar-refractivity contribution >= 4 is 0 Å². The number of hydrogen-bond donors (Lipinski definition) is 1. The molecular formula is C13H27NO. The molecule has 0 amide bonds. The fraction of sp³-hybridized carbons (Fsp3) is 1.00.